The van der Waals surface area contributed by atoms with E-state index in [9.17, 15) is 9.59 Å². The topological polar surface area (TPSA) is 96.2 Å². The Morgan fingerprint density at radius 3 is 1.81 bits per heavy atom. The van der Waals surface area contributed by atoms with E-state index in [0.29, 0.717) is 28.5 Å². The molecule has 1 atom stereocenters. The Morgan fingerprint density at radius 2 is 1.35 bits per heavy atom. The Kier molecular flexibility index (Phi) is 6.60. The molecule has 7 heteroatoms. The molecular weight excluding hydrogens is 352 g/mol. The molecular formula is C19H23ClN4O2. The summed E-state index contributed by atoms with van der Waals surface area (Å²) in [5, 5.41) is 8.81. The predicted molar refractivity (Wildman–Crippen MR) is 107 cm³/mol. The Morgan fingerprint density at radius 1 is 0.923 bits per heavy atom. The van der Waals surface area contributed by atoms with Crippen LogP contribution in [0.4, 0.5) is 21.9 Å². The third kappa shape index (κ3) is 5.75. The molecule has 0 heterocycles. The number of carbonyl (C=O) groups is 2. The summed E-state index contributed by atoms with van der Waals surface area (Å²) in [6.07, 6.45) is 1.43. The lowest BCUT2D eigenvalue weighted by Crippen LogP contribution is -2.48. The number of halogens is 1. The van der Waals surface area contributed by atoms with Crippen molar-refractivity contribution in [3.05, 3.63) is 53.6 Å². The number of carbonyl (C=O) groups excluding carboxylic acids is 2. The monoisotopic (exact) mass is 374 g/mol. The molecule has 138 valence electrons. The van der Waals surface area contributed by atoms with E-state index in [1.807, 2.05) is 6.92 Å². The van der Waals surface area contributed by atoms with E-state index in [2.05, 4.69) is 16.0 Å². The minimum absolute atomic E-state index is 0.236. The highest BCUT2D eigenvalue weighted by Gasteiger charge is 2.27. The maximum Gasteiger partial charge on any atom is 0.323 e. The van der Waals surface area contributed by atoms with Gasteiger partial charge in [0.2, 0.25) is 5.91 Å². The average molecular weight is 375 g/mol. The van der Waals surface area contributed by atoms with E-state index in [-0.39, 0.29) is 11.9 Å². The van der Waals surface area contributed by atoms with Gasteiger partial charge in [-0.15, -0.1) is 0 Å². The summed E-state index contributed by atoms with van der Waals surface area (Å²) in [6, 6.07) is 13.2. The van der Waals surface area contributed by atoms with Crippen LogP contribution in [0.3, 0.4) is 0 Å². The van der Waals surface area contributed by atoms with Gasteiger partial charge in [-0.25, -0.2) is 4.79 Å². The van der Waals surface area contributed by atoms with E-state index in [1.54, 1.807) is 55.5 Å². The first kappa shape index (κ1) is 19.8. The van der Waals surface area contributed by atoms with Crippen molar-refractivity contribution in [1.29, 1.82) is 0 Å². The number of amides is 3. The van der Waals surface area contributed by atoms with Crippen molar-refractivity contribution in [2.75, 3.05) is 16.0 Å². The van der Waals surface area contributed by atoms with E-state index < -0.39 is 5.54 Å². The number of hydrogen-bond acceptors (Lipinski definition) is 3. The summed E-state index contributed by atoms with van der Waals surface area (Å²) in [6.45, 7) is 3.69. The van der Waals surface area contributed by atoms with Crippen molar-refractivity contribution in [1.82, 2.24) is 0 Å². The first-order chi connectivity index (χ1) is 12.3. The highest BCUT2D eigenvalue weighted by Crippen LogP contribution is 2.18. The quantitative estimate of drug-likeness (QED) is 0.601. The second kappa shape index (κ2) is 8.69. The van der Waals surface area contributed by atoms with Gasteiger partial charge in [-0.3, -0.25) is 4.79 Å². The number of nitrogens with two attached hydrogens (primary N) is 1. The van der Waals surface area contributed by atoms with Crippen molar-refractivity contribution < 1.29 is 9.59 Å². The van der Waals surface area contributed by atoms with Crippen molar-refractivity contribution in [2.45, 2.75) is 32.2 Å². The summed E-state index contributed by atoms with van der Waals surface area (Å²) >= 11 is 5.81. The smallest absolute Gasteiger partial charge is 0.323 e. The molecule has 2 rings (SSSR count). The molecule has 2 aromatic carbocycles. The lowest BCUT2D eigenvalue weighted by Gasteiger charge is -2.22. The summed E-state index contributed by atoms with van der Waals surface area (Å²) in [4.78, 5) is 24.2. The third-order valence-electron chi connectivity index (χ3n) is 3.79. The Labute approximate surface area is 158 Å². The summed E-state index contributed by atoms with van der Waals surface area (Å²) < 4.78 is 0. The summed E-state index contributed by atoms with van der Waals surface area (Å²) in [5.41, 5.74) is 6.95. The highest BCUT2D eigenvalue weighted by atomic mass is 35.5. The molecule has 2 aromatic rings. The van der Waals surface area contributed by atoms with Gasteiger partial charge >= 0.3 is 6.03 Å². The fourth-order valence-electron chi connectivity index (χ4n) is 2.37. The lowest BCUT2D eigenvalue weighted by molar-refractivity contribution is -0.120. The van der Waals surface area contributed by atoms with Crippen molar-refractivity contribution in [3.8, 4) is 0 Å². The molecule has 1 unspecified atom stereocenters. The molecule has 0 aliphatic rings. The van der Waals surface area contributed by atoms with Gasteiger partial charge < -0.3 is 21.7 Å². The predicted octanol–water partition coefficient (Wildman–Crippen LogP) is 4.44. The third-order valence-corrected chi connectivity index (χ3v) is 4.04. The van der Waals surface area contributed by atoms with Gasteiger partial charge in [0.1, 0.15) is 0 Å². The fraction of sp³-hybridized carbons (Fsp3) is 0.263. The van der Waals surface area contributed by atoms with Gasteiger partial charge in [0.05, 0.1) is 5.54 Å². The zero-order valence-corrected chi connectivity index (χ0v) is 15.6. The molecule has 0 aromatic heterocycles. The van der Waals surface area contributed by atoms with E-state index in [4.69, 9.17) is 17.3 Å². The van der Waals surface area contributed by atoms with Crippen LogP contribution in [0.2, 0.25) is 5.02 Å². The fourth-order valence-corrected chi connectivity index (χ4v) is 2.50. The highest BCUT2D eigenvalue weighted by molar-refractivity contribution is 6.30. The molecule has 0 saturated carbocycles. The van der Waals surface area contributed by atoms with Crippen LogP contribution >= 0.6 is 11.6 Å². The van der Waals surface area contributed by atoms with Gasteiger partial charge in [0.25, 0.3) is 0 Å². The van der Waals surface area contributed by atoms with Gasteiger partial charge in [-0.05, 0) is 61.9 Å². The molecule has 6 nitrogen and oxygen atoms in total. The first-order valence-corrected chi connectivity index (χ1v) is 8.72. The zero-order chi connectivity index (χ0) is 19.2. The van der Waals surface area contributed by atoms with E-state index >= 15 is 0 Å². The van der Waals surface area contributed by atoms with Crippen LogP contribution in [-0.2, 0) is 4.79 Å². The molecule has 0 aliphatic heterocycles. The number of hydrogen-bond donors (Lipinski definition) is 4. The normalized spacial score (nSPS) is 12.8. The van der Waals surface area contributed by atoms with Crippen LogP contribution in [0.5, 0.6) is 0 Å². The summed E-state index contributed by atoms with van der Waals surface area (Å²) in [7, 11) is 0. The zero-order valence-electron chi connectivity index (χ0n) is 14.8. The molecule has 0 radical (unpaired) electrons. The molecule has 0 bridgehead atoms. The van der Waals surface area contributed by atoms with Crippen molar-refractivity contribution in [3.63, 3.8) is 0 Å². The Balaban J connectivity index is 1.91. The van der Waals surface area contributed by atoms with Crippen LogP contribution in [-0.4, -0.2) is 17.5 Å². The molecule has 0 saturated heterocycles. The van der Waals surface area contributed by atoms with E-state index in [0.717, 1.165) is 6.42 Å². The number of anilines is 3. The van der Waals surface area contributed by atoms with Gasteiger partial charge in [-0.1, -0.05) is 24.9 Å². The van der Waals surface area contributed by atoms with Crippen molar-refractivity contribution in [2.24, 2.45) is 5.73 Å². The van der Waals surface area contributed by atoms with Crippen LogP contribution in [0.1, 0.15) is 26.7 Å². The Hall–Kier alpha value is -2.57. The SMILES string of the molecule is CCCC(C)(N)C(=O)Nc1ccc(NC(=O)Nc2ccc(Cl)cc2)cc1. The standard InChI is InChI=1S/C19H23ClN4O2/c1-3-12-19(2,21)17(25)22-14-8-10-16(11-9-14)24-18(26)23-15-6-4-13(20)5-7-15/h4-11H,3,12,21H2,1-2H3,(H,22,25)(H2,23,24,26). The first-order valence-electron chi connectivity index (χ1n) is 8.34. The molecule has 0 fully saturated rings. The lowest BCUT2D eigenvalue weighted by atomic mass is 9.96. The maximum atomic E-state index is 12.2. The largest absolute Gasteiger partial charge is 0.325 e. The van der Waals surface area contributed by atoms with Crippen LogP contribution in [0.15, 0.2) is 48.5 Å². The van der Waals surface area contributed by atoms with Crippen LogP contribution in [0.25, 0.3) is 0 Å². The van der Waals surface area contributed by atoms with E-state index in [1.165, 1.54) is 0 Å². The van der Waals surface area contributed by atoms with Gasteiger partial charge in [-0.2, -0.15) is 0 Å². The average Bonchev–Trinajstić information content (AvgIpc) is 2.58. The number of benzene rings is 2. The summed E-state index contributed by atoms with van der Waals surface area (Å²) in [5.74, 6) is -0.236. The second-order valence-corrected chi connectivity index (χ2v) is 6.72. The molecule has 0 aliphatic carbocycles. The molecule has 5 N–H and O–H groups in total. The maximum absolute atomic E-state index is 12.2. The van der Waals surface area contributed by atoms with Gasteiger partial charge in [0, 0.05) is 22.1 Å². The number of urea groups is 1. The minimum atomic E-state index is -0.913. The number of nitrogens with one attached hydrogen (secondary N) is 3. The molecule has 3 amide bonds. The minimum Gasteiger partial charge on any atom is -0.325 e. The van der Waals surface area contributed by atoms with Crippen molar-refractivity contribution >= 4 is 40.6 Å². The Bertz CT molecular complexity index is 758. The van der Waals surface area contributed by atoms with Crippen LogP contribution in [0, 0.1) is 0 Å². The second-order valence-electron chi connectivity index (χ2n) is 6.28. The molecule has 0 spiro atoms. The van der Waals surface area contributed by atoms with Gasteiger partial charge in [0.15, 0.2) is 0 Å². The number of rotatable bonds is 6. The molecule has 26 heavy (non-hydrogen) atoms. The van der Waals surface area contributed by atoms with Crippen LogP contribution < -0.4 is 21.7 Å².